The van der Waals surface area contributed by atoms with E-state index >= 15 is 0 Å². The van der Waals surface area contributed by atoms with E-state index < -0.39 is 0 Å². The van der Waals surface area contributed by atoms with Crippen molar-refractivity contribution in [3.8, 4) is 0 Å². The lowest BCUT2D eigenvalue weighted by atomic mass is 9.85. The lowest BCUT2D eigenvalue weighted by molar-refractivity contribution is -0.134. The molecule has 4 fully saturated rings. The number of nitrogens with zero attached hydrogens (tertiary/aromatic N) is 1. The lowest BCUT2D eigenvalue weighted by Crippen LogP contribution is -2.44. The summed E-state index contributed by atoms with van der Waals surface area (Å²) in [7, 11) is 0. The number of likely N-dealkylation sites (tertiary alicyclic amines) is 1. The number of carbonyl (C=O) groups is 1. The van der Waals surface area contributed by atoms with E-state index in [1.165, 1.54) is 38.6 Å². The van der Waals surface area contributed by atoms with Crippen LogP contribution in [0.1, 0.15) is 38.5 Å². The number of hydrogen-bond acceptors (Lipinski definition) is 2. The van der Waals surface area contributed by atoms with Gasteiger partial charge in [0.05, 0.1) is 0 Å². The smallest absolute Gasteiger partial charge is 0.222 e. The molecule has 2 bridgehead atoms. The van der Waals surface area contributed by atoms with E-state index in [-0.39, 0.29) is 12.4 Å². The minimum absolute atomic E-state index is 0. The minimum Gasteiger partial charge on any atom is -0.342 e. The molecule has 2 heterocycles. The van der Waals surface area contributed by atoms with Crippen LogP contribution in [0.2, 0.25) is 0 Å². The van der Waals surface area contributed by atoms with Gasteiger partial charge in [0.2, 0.25) is 5.91 Å². The summed E-state index contributed by atoms with van der Waals surface area (Å²) in [4.78, 5) is 14.7. The highest BCUT2D eigenvalue weighted by molar-refractivity contribution is 5.85. The first-order valence-corrected chi connectivity index (χ1v) is 8.28. The Bertz CT molecular complexity index is 375. The van der Waals surface area contributed by atoms with Crippen molar-refractivity contribution in [3.05, 3.63) is 0 Å². The lowest BCUT2D eigenvalue weighted by Gasteiger charge is -2.35. The van der Waals surface area contributed by atoms with Crippen LogP contribution >= 0.6 is 12.4 Å². The largest absolute Gasteiger partial charge is 0.342 e. The average Bonchev–Trinajstić information content (AvgIpc) is 3.13. The summed E-state index contributed by atoms with van der Waals surface area (Å²) in [5, 5.41) is 3.48. The van der Waals surface area contributed by atoms with Gasteiger partial charge >= 0.3 is 0 Å². The van der Waals surface area contributed by atoms with Crippen LogP contribution in [0.25, 0.3) is 0 Å². The summed E-state index contributed by atoms with van der Waals surface area (Å²) in [6, 6.07) is 0. The number of halogens is 1. The number of hydrogen-bond donors (Lipinski definition) is 1. The van der Waals surface area contributed by atoms with Gasteiger partial charge in [-0.05, 0) is 68.4 Å². The van der Waals surface area contributed by atoms with Crippen molar-refractivity contribution in [1.82, 2.24) is 10.2 Å². The molecule has 3 nitrogen and oxygen atoms in total. The number of nitrogens with one attached hydrogen (secondary N) is 1. The second-order valence-electron chi connectivity index (χ2n) is 7.45. The fourth-order valence-electron chi connectivity index (χ4n) is 5.24. The zero-order chi connectivity index (χ0) is 12.8. The van der Waals surface area contributed by atoms with Crippen LogP contribution in [-0.4, -0.2) is 37.0 Å². The zero-order valence-corrected chi connectivity index (χ0v) is 13.0. The number of rotatable bonds is 2. The molecule has 2 aliphatic heterocycles. The molecule has 4 rings (SSSR count). The molecule has 0 aromatic heterocycles. The first kappa shape index (κ1) is 14.6. The van der Waals surface area contributed by atoms with Gasteiger partial charge in [-0.1, -0.05) is 6.42 Å². The SMILES string of the molecule is Cl.O=C(CC1CC2CCC1C2)N1CCC2CNCC2C1. The molecule has 1 N–H and O–H groups in total. The molecule has 0 aromatic rings. The molecule has 4 aliphatic rings. The van der Waals surface area contributed by atoms with E-state index in [2.05, 4.69) is 10.2 Å². The van der Waals surface area contributed by atoms with Crippen molar-refractivity contribution < 1.29 is 4.79 Å². The topological polar surface area (TPSA) is 32.3 Å². The van der Waals surface area contributed by atoms with E-state index in [1.807, 2.05) is 0 Å². The fourth-order valence-corrected chi connectivity index (χ4v) is 5.24. The quantitative estimate of drug-likeness (QED) is 0.848. The van der Waals surface area contributed by atoms with Crippen LogP contribution < -0.4 is 5.32 Å². The molecule has 2 saturated carbocycles. The highest BCUT2D eigenvalue weighted by Crippen LogP contribution is 2.49. The van der Waals surface area contributed by atoms with Gasteiger partial charge in [-0.15, -0.1) is 12.4 Å². The monoisotopic (exact) mass is 298 g/mol. The molecule has 0 aromatic carbocycles. The third kappa shape index (κ3) is 2.59. The van der Waals surface area contributed by atoms with E-state index in [0.717, 1.165) is 55.6 Å². The standard InChI is InChI=1S/C16H26N2O.ClH/c19-16(7-14-6-11-1-2-12(14)5-11)18-4-3-13-8-17-9-15(13)10-18;/h11-15,17H,1-10H2;1H. The Labute approximate surface area is 128 Å². The summed E-state index contributed by atoms with van der Waals surface area (Å²) in [5.41, 5.74) is 0. The molecule has 2 saturated heterocycles. The molecule has 4 heteroatoms. The molecule has 5 atom stereocenters. The normalized spacial score (nSPS) is 42.4. The molecular formula is C16H27ClN2O. The molecule has 5 unspecified atom stereocenters. The van der Waals surface area contributed by atoms with Crippen LogP contribution in [0.5, 0.6) is 0 Å². The molecule has 114 valence electrons. The predicted molar refractivity (Wildman–Crippen MR) is 81.8 cm³/mol. The van der Waals surface area contributed by atoms with E-state index in [9.17, 15) is 4.79 Å². The molecule has 2 aliphatic carbocycles. The molecule has 20 heavy (non-hydrogen) atoms. The molecule has 1 amide bonds. The Morgan fingerprint density at radius 3 is 2.65 bits per heavy atom. The third-order valence-corrected chi connectivity index (χ3v) is 6.38. The first-order chi connectivity index (χ1) is 9.29. The van der Waals surface area contributed by atoms with Gasteiger partial charge in [-0.2, -0.15) is 0 Å². The van der Waals surface area contributed by atoms with Gasteiger partial charge in [0.25, 0.3) is 0 Å². The van der Waals surface area contributed by atoms with Crippen molar-refractivity contribution in [1.29, 1.82) is 0 Å². The number of amides is 1. The van der Waals surface area contributed by atoms with Crippen molar-refractivity contribution in [3.63, 3.8) is 0 Å². The average molecular weight is 299 g/mol. The summed E-state index contributed by atoms with van der Waals surface area (Å²) >= 11 is 0. The van der Waals surface area contributed by atoms with Gasteiger partial charge in [0.15, 0.2) is 0 Å². The van der Waals surface area contributed by atoms with Crippen LogP contribution in [0, 0.1) is 29.6 Å². The van der Waals surface area contributed by atoms with Gasteiger partial charge in [0.1, 0.15) is 0 Å². The molecule has 0 radical (unpaired) electrons. The minimum atomic E-state index is 0. The van der Waals surface area contributed by atoms with Gasteiger partial charge in [-0.25, -0.2) is 0 Å². The Balaban J connectivity index is 0.00000121. The van der Waals surface area contributed by atoms with E-state index in [0.29, 0.717) is 5.91 Å². The van der Waals surface area contributed by atoms with Crippen molar-refractivity contribution >= 4 is 18.3 Å². The van der Waals surface area contributed by atoms with Crippen molar-refractivity contribution in [2.24, 2.45) is 29.6 Å². The second kappa shape index (κ2) is 5.84. The first-order valence-electron chi connectivity index (χ1n) is 8.28. The number of fused-ring (bicyclic) bond motifs is 3. The Hall–Kier alpha value is -0.280. The fraction of sp³-hybridized carbons (Fsp3) is 0.938. The summed E-state index contributed by atoms with van der Waals surface area (Å²) in [5.74, 6) is 4.62. The molecular weight excluding hydrogens is 272 g/mol. The second-order valence-corrected chi connectivity index (χ2v) is 7.45. The summed E-state index contributed by atoms with van der Waals surface area (Å²) in [6.07, 6.45) is 7.68. The maximum absolute atomic E-state index is 12.5. The highest BCUT2D eigenvalue weighted by atomic mass is 35.5. The van der Waals surface area contributed by atoms with Gasteiger partial charge < -0.3 is 10.2 Å². The number of piperidine rings is 1. The Morgan fingerprint density at radius 2 is 1.90 bits per heavy atom. The predicted octanol–water partition coefficient (Wildman–Crippen LogP) is 2.30. The Morgan fingerprint density at radius 1 is 1.05 bits per heavy atom. The molecule has 0 spiro atoms. The number of carbonyl (C=O) groups excluding carboxylic acids is 1. The van der Waals surface area contributed by atoms with E-state index in [1.54, 1.807) is 0 Å². The maximum atomic E-state index is 12.5. The van der Waals surface area contributed by atoms with Crippen molar-refractivity contribution in [2.45, 2.75) is 38.5 Å². The summed E-state index contributed by atoms with van der Waals surface area (Å²) in [6.45, 7) is 4.35. The summed E-state index contributed by atoms with van der Waals surface area (Å²) < 4.78 is 0. The van der Waals surface area contributed by atoms with Gasteiger partial charge in [-0.3, -0.25) is 4.79 Å². The van der Waals surface area contributed by atoms with Crippen LogP contribution in [0.15, 0.2) is 0 Å². The third-order valence-electron chi connectivity index (χ3n) is 6.38. The van der Waals surface area contributed by atoms with Crippen LogP contribution in [-0.2, 0) is 4.79 Å². The van der Waals surface area contributed by atoms with E-state index in [4.69, 9.17) is 0 Å². The highest BCUT2D eigenvalue weighted by Gasteiger charge is 2.41. The zero-order valence-electron chi connectivity index (χ0n) is 12.2. The van der Waals surface area contributed by atoms with Gasteiger partial charge in [0, 0.05) is 19.5 Å². The maximum Gasteiger partial charge on any atom is 0.222 e. The Kier molecular flexibility index (Phi) is 4.28. The van der Waals surface area contributed by atoms with Crippen molar-refractivity contribution in [2.75, 3.05) is 26.2 Å². The van der Waals surface area contributed by atoms with Crippen LogP contribution in [0.3, 0.4) is 0 Å². The van der Waals surface area contributed by atoms with Crippen LogP contribution in [0.4, 0.5) is 0 Å².